The van der Waals surface area contributed by atoms with Crippen molar-refractivity contribution in [3.05, 3.63) is 11.6 Å². The van der Waals surface area contributed by atoms with Gasteiger partial charge in [-0.15, -0.1) is 11.6 Å². The SMILES string of the molecule is COC(=O)[C@@]1(C)C[C@H]2C(C)=C[C@]1(C)C(=O)[C@]2(O)CCl. The molecule has 3 rings (SSSR count). The number of ether oxygens (including phenoxy) is 1. The Morgan fingerprint density at radius 1 is 1.58 bits per heavy atom. The highest BCUT2D eigenvalue weighted by atomic mass is 35.5. The molecule has 0 aliphatic heterocycles. The molecular formula is C14H19ClO4. The van der Waals surface area contributed by atoms with Crippen LogP contribution >= 0.6 is 11.6 Å². The van der Waals surface area contributed by atoms with Crippen LogP contribution in [0.3, 0.4) is 0 Å². The summed E-state index contributed by atoms with van der Waals surface area (Å²) < 4.78 is 4.86. The quantitative estimate of drug-likeness (QED) is 0.477. The molecule has 19 heavy (non-hydrogen) atoms. The molecule has 0 aromatic rings. The second-order valence-electron chi connectivity index (χ2n) is 6.06. The number of methoxy groups -OCH3 is 1. The molecule has 3 aliphatic carbocycles. The van der Waals surface area contributed by atoms with Crippen molar-refractivity contribution in [3.8, 4) is 0 Å². The van der Waals surface area contributed by atoms with Crippen molar-refractivity contribution >= 4 is 23.4 Å². The first kappa shape index (κ1) is 14.5. The topological polar surface area (TPSA) is 63.6 Å². The lowest BCUT2D eigenvalue weighted by Gasteiger charge is -2.57. The smallest absolute Gasteiger partial charge is 0.312 e. The van der Waals surface area contributed by atoms with Crippen LogP contribution in [0, 0.1) is 16.7 Å². The van der Waals surface area contributed by atoms with Crippen LogP contribution in [0.25, 0.3) is 0 Å². The number of halogens is 1. The van der Waals surface area contributed by atoms with Gasteiger partial charge in [-0.25, -0.2) is 0 Å². The molecule has 4 atom stereocenters. The van der Waals surface area contributed by atoms with E-state index in [9.17, 15) is 14.7 Å². The van der Waals surface area contributed by atoms with Crippen LogP contribution < -0.4 is 0 Å². The molecular weight excluding hydrogens is 268 g/mol. The fourth-order valence-electron chi connectivity index (χ4n) is 3.64. The van der Waals surface area contributed by atoms with Crippen LogP contribution in [0.1, 0.15) is 27.2 Å². The van der Waals surface area contributed by atoms with Crippen LogP contribution in [0.15, 0.2) is 11.6 Å². The summed E-state index contributed by atoms with van der Waals surface area (Å²) in [5, 5.41) is 10.6. The van der Waals surface area contributed by atoms with Crippen molar-refractivity contribution in [1.29, 1.82) is 0 Å². The Labute approximate surface area is 117 Å². The fourth-order valence-corrected chi connectivity index (χ4v) is 3.95. The minimum absolute atomic E-state index is 0.158. The van der Waals surface area contributed by atoms with E-state index in [4.69, 9.17) is 16.3 Å². The fraction of sp³-hybridized carbons (Fsp3) is 0.714. The summed E-state index contributed by atoms with van der Waals surface area (Å²) in [4.78, 5) is 24.8. The molecule has 1 fully saturated rings. The van der Waals surface area contributed by atoms with Crippen molar-refractivity contribution < 1.29 is 19.4 Å². The van der Waals surface area contributed by atoms with Crippen molar-refractivity contribution in [2.45, 2.75) is 32.8 Å². The average Bonchev–Trinajstić information content (AvgIpc) is 2.38. The second kappa shape index (κ2) is 4.06. The molecule has 0 saturated heterocycles. The molecule has 2 bridgehead atoms. The number of allylic oxidation sites excluding steroid dienone is 1. The predicted octanol–water partition coefficient (Wildman–Crippen LogP) is 1.69. The maximum Gasteiger partial charge on any atom is 0.312 e. The maximum absolute atomic E-state index is 12.7. The summed E-state index contributed by atoms with van der Waals surface area (Å²) in [5.41, 5.74) is -2.71. The minimum atomic E-state index is -1.58. The average molecular weight is 287 g/mol. The van der Waals surface area contributed by atoms with E-state index in [2.05, 4.69) is 0 Å². The third-order valence-electron chi connectivity index (χ3n) is 5.11. The van der Waals surface area contributed by atoms with Gasteiger partial charge in [-0.05, 0) is 27.2 Å². The number of alkyl halides is 1. The Bertz CT molecular complexity index is 486. The second-order valence-corrected chi connectivity index (χ2v) is 6.33. The van der Waals surface area contributed by atoms with Gasteiger partial charge in [0.05, 0.1) is 23.8 Å². The number of aliphatic hydroxyl groups is 1. The van der Waals surface area contributed by atoms with Crippen molar-refractivity contribution in [2.75, 3.05) is 13.0 Å². The Morgan fingerprint density at radius 2 is 2.16 bits per heavy atom. The van der Waals surface area contributed by atoms with E-state index < -0.39 is 28.3 Å². The van der Waals surface area contributed by atoms with Crippen LogP contribution in [0.5, 0.6) is 0 Å². The summed E-state index contributed by atoms with van der Waals surface area (Å²) in [7, 11) is 1.31. The van der Waals surface area contributed by atoms with Crippen LogP contribution in [0.4, 0.5) is 0 Å². The molecule has 0 radical (unpaired) electrons. The highest BCUT2D eigenvalue weighted by Gasteiger charge is 2.69. The molecule has 0 unspecified atom stereocenters. The standard InChI is InChI=1S/C14H19ClO4/c1-8-5-12(2)10(16)14(18,7-15)9(8)6-13(12,3)11(17)19-4/h5,9,18H,6-7H2,1-4H3/t9-,12+,13+,14-/m0/s1. The van der Waals surface area contributed by atoms with Gasteiger partial charge in [0, 0.05) is 5.92 Å². The van der Waals surface area contributed by atoms with Crippen molar-refractivity contribution in [2.24, 2.45) is 16.7 Å². The number of rotatable bonds is 2. The van der Waals surface area contributed by atoms with Gasteiger partial charge < -0.3 is 9.84 Å². The number of fused-ring (bicyclic) bond motifs is 2. The summed E-state index contributed by atoms with van der Waals surface area (Å²) in [6.45, 7) is 5.27. The van der Waals surface area contributed by atoms with Crippen LogP contribution in [-0.2, 0) is 14.3 Å². The van der Waals surface area contributed by atoms with Gasteiger partial charge in [0.1, 0.15) is 5.60 Å². The van der Waals surface area contributed by atoms with Crippen LogP contribution in [-0.4, -0.2) is 35.4 Å². The maximum atomic E-state index is 12.7. The Balaban J connectivity index is 2.64. The normalized spacial score (nSPS) is 45.1. The molecule has 5 heteroatoms. The number of hydrogen-bond donors (Lipinski definition) is 1. The number of Topliss-reactive ketones (excluding diaryl/α,β-unsaturated/α-hetero) is 1. The number of esters is 1. The van der Waals surface area contributed by atoms with E-state index in [1.807, 2.05) is 6.92 Å². The zero-order valence-electron chi connectivity index (χ0n) is 11.6. The van der Waals surface area contributed by atoms with E-state index in [0.29, 0.717) is 6.42 Å². The first-order chi connectivity index (χ1) is 8.67. The molecule has 0 aromatic heterocycles. The first-order valence-corrected chi connectivity index (χ1v) is 6.82. The molecule has 0 heterocycles. The monoisotopic (exact) mass is 286 g/mol. The van der Waals surface area contributed by atoms with Crippen molar-refractivity contribution in [3.63, 3.8) is 0 Å². The van der Waals surface area contributed by atoms with E-state index in [-0.39, 0.29) is 11.7 Å². The molecule has 1 saturated carbocycles. The highest BCUT2D eigenvalue weighted by molar-refractivity contribution is 6.21. The van der Waals surface area contributed by atoms with Gasteiger partial charge in [0.15, 0.2) is 5.78 Å². The number of carbonyl (C=O) groups excluding carboxylic acids is 2. The Hall–Kier alpha value is -0.870. The number of carbonyl (C=O) groups is 2. The van der Waals surface area contributed by atoms with E-state index in [1.54, 1.807) is 19.9 Å². The lowest BCUT2D eigenvalue weighted by atomic mass is 9.45. The number of ketones is 1. The molecule has 0 amide bonds. The first-order valence-electron chi connectivity index (χ1n) is 6.28. The summed E-state index contributed by atoms with van der Waals surface area (Å²) in [5.74, 6) is -1.39. The van der Waals surface area contributed by atoms with E-state index in [0.717, 1.165) is 5.57 Å². The summed E-state index contributed by atoms with van der Waals surface area (Å²) in [6.07, 6.45) is 2.16. The molecule has 3 aliphatic rings. The summed E-state index contributed by atoms with van der Waals surface area (Å²) in [6, 6.07) is 0. The zero-order valence-corrected chi connectivity index (χ0v) is 12.4. The molecule has 4 nitrogen and oxygen atoms in total. The molecule has 0 spiro atoms. The summed E-state index contributed by atoms with van der Waals surface area (Å²) >= 11 is 5.83. The predicted molar refractivity (Wildman–Crippen MR) is 70.8 cm³/mol. The highest BCUT2D eigenvalue weighted by Crippen LogP contribution is 2.60. The third kappa shape index (κ3) is 1.50. The van der Waals surface area contributed by atoms with E-state index >= 15 is 0 Å². The van der Waals surface area contributed by atoms with E-state index in [1.165, 1.54) is 7.11 Å². The van der Waals surface area contributed by atoms with Gasteiger partial charge in [-0.2, -0.15) is 0 Å². The van der Waals surface area contributed by atoms with Gasteiger partial charge in [0.25, 0.3) is 0 Å². The minimum Gasteiger partial charge on any atom is -0.469 e. The number of hydrogen-bond acceptors (Lipinski definition) is 4. The molecule has 0 aromatic carbocycles. The van der Waals surface area contributed by atoms with Gasteiger partial charge in [-0.1, -0.05) is 11.6 Å². The van der Waals surface area contributed by atoms with Crippen LogP contribution in [0.2, 0.25) is 0 Å². The van der Waals surface area contributed by atoms with Gasteiger partial charge >= 0.3 is 5.97 Å². The zero-order chi connectivity index (χ0) is 14.6. The third-order valence-corrected chi connectivity index (χ3v) is 5.51. The molecule has 1 N–H and O–H groups in total. The Kier molecular flexibility index (Phi) is 3.11. The lowest BCUT2D eigenvalue weighted by molar-refractivity contribution is -0.184. The molecule has 106 valence electrons. The van der Waals surface area contributed by atoms with Gasteiger partial charge in [0.2, 0.25) is 0 Å². The lowest BCUT2D eigenvalue weighted by Crippen LogP contribution is -2.68. The largest absolute Gasteiger partial charge is 0.469 e. The van der Waals surface area contributed by atoms with Gasteiger partial charge in [-0.3, -0.25) is 9.59 Å². The van der Waals surface area contributed by atoms with Crippen molar-refractivity contribution in [1.82, 2.24) is 0 Å². The Morgan fingerprint density at radius 3 is 2.63 bits per heavy atom.